The van der Waals surface area contributed by atoms with Crippen LogP contribution in [0.5, 0.6) is 11.5 Å². The fraction of sp³-hybridized carbons (Fsp3) is 0.500. The average molecular weight is 247 g/mol. The minimum absolute atomic E-state index is 0.180. The van der Waals surface area contributed by atoms with Crippen LogP contribution in [0.25, 0.3) is 0 Å². The number of nitrogens with zero attached hydrogens (tertiary/aromatic N) is 1. The van der Waals surface area contributed by atoms with Gasteiger partial charge in [0.15, 0.2) is 11.5 Å². The molecule has 0 saturated heterocycles. The fourth-order valence-electron chi connectivity index (χ4n) is 2.21. The summed E-state index contributed by atoms with van der Waals surface area (Å²) in [5, 5.41) is 18.7. The Morgan fingerprint density at radius 3 is 2.72 bits per heavy atom. The van der Waals surface area contributed by atoms with E-state index in [2.05, 4.69) is 6.07 Å². The molecule has 1 saturated carbocycles. The highest BCUT2D eigenvalue weighted by atomic mass is 16.5. The zero-order chi connectivity index (χ0) is 13.0. The summed E-state index contributed by atoms with van der Waals surface area (Å²) in [4.78, 5) is 0. The van der Waals surface area contributed by atoms with Crippen LogP contribution in [-0.2, 0) is 0 Å². The molecule has 0 radical (unpaired) electrons. The lowest BCUT2D eigenvalue weighted by Gasteiger charge is -2.28. The number of hydrogen-bond donors (Lipinski definition) is 1. The van der Waals surface area contributed by atoms with Crippen LogP contribution in [0, 0.1) is 11.3 Å². The Morgan fingerprint density at radius 2 is 2.06 bits per heavy atom. The zero-order valence-electron chi connectivity index (χ0n) is 10.4. The summed E-state index contributed by atoms with van der Waals surface area (Å²) < 4.78 is 11.0. The molecule has 1 aliphatic rings. The number of hydrogen-bond acceptors (Lipinski definition) is 4. The second kappa shape index (κ2) is 5.74. The fourth-order valence-corrected chi connectivity index (χ4v) is 2.21. The van der Waals surface area contributed by atoms with Crippen LogP contribution < -0.4 is 9.47 Å². The number of aliphatic hydroxyl groups is 1. The lowest BCUT2D eigenvalue weighted by molar-refractivity contribution is 0.00568. The van der Waals surface area contributed by atoms with Gasteiger partial charge in [0.25, 0.3) is 0 Å². The second-order valence-electron chi connectivity index (χ2n) is 4.49. The quantitative estimate of drug-likeness (QED) is 0.889. The molecule has 0 bridgehead atoms. The smallest absolute Gasteiger partial charge is 0.162 e. The lowest BCUT2D eigenvalue weighted by atomic mass is 9.95. The van der Waals surface area contributed by atoms with E-state index >= 15 is 0 Å². The molecule has 2 atom stereocenters. The molecule has 1 fully saturated rings. The molecule has 4 heteroatoms. The minimum Gasteiger partial charge on any atom is -0.493 e. The van der Waals surface area contributed by atoms with Crippen LogP contribution in [0.1, 0.15) is 31.2 Å². The predicted molar refractivity (Wildman–Crippen MR) is 66.6 cm³/mol. The Hall–Kier alpha value is -1.73. The van der Waals surface area contributed by atoms with Gasteiger partial charge >= 0.3 is 0 Å². The molecule has 4 nitrogen and oxygen atoms in total. The van der Waals surface area contributed by atoms with Crippen molar-refractivity contribution in [2.75, 3.05) is 7.11 Å². The number of nitriles is 1. The molecule has 0 aromatic heterocycles. The monoisotopic (exact) mass is 247 g/mol. The van der Waals surface area contributed by atoms with Gasteiger partial charge in [-0.2, -0.15) is 5.26 Å². The molecule has 96 valence electrons. The molecule has 1 aliphatic carbocycles. The molecule has 1 aromatic rings. The topological polar surface area (TPSA) is 62.5 Å². The number of aliphatic hydroxyl groups excluding tert-OH is 1. The molecule has 18 heavy (non-hydrogen) atoms. The van der Waals surface area contributed by atoms with Crippen molar-refractivity contribution in [3.05, 3.63) is 23.8 Å². The van der Waals surface area contributed by atoms with Crippen LogP contribution in [0.3, 0.4) is 0 Å². The maximum absolute atomic E-state index is 9.88. The zero-order valence-corrected chi connectivity index (χ0v) is 10.4. The van der Waals surface area contributed by atoms with Gasteiger partial charge in [-0.25, -0.2) is 0 Å². The van der Waals surface area contributed by atoms with Gasteiger partial charge in [-0.05, 0) is 31.4 Å². The molecule has 1 N–H and O–H groups in total. The van der Waals surface area contributed by atoms with E-state index in [1.807, 2.05) is 0 Å². The first kappa shape index (κ1) is 12.7. The minimum atomic E-state index is -0.418. The largest absolute Gasteiger partial charge is 0.493 e. The first-order chi connectivity index (χ1) is 8.74. The normalized spacial score (nSPS) is 23.2. The average Bonchev–Trinajstić information content (AvgIpc) is 2.41. The van der Waals surface area contributed by atoms with Crippen LogP contribution in [0.2, 0.25) is 0 Å². The van der Waals surface area contributed by atoms with Gasteiger partial charge in [0.2, 0.25) is 0 Å². The van der Waals surface area contributed by atoms with E-state index in [4.69, 9.17) is 14.7 Å². The molecule has 0 heterocycles. The number of ether oxygens (including phenoxy) is 2. The van der Waals surface area contributed by atoms with Gasteiger partial charge in [-0.1, -0.05) is 6.42 Å². The van der Waals surface area contributed by atoms with Crippen molar-refractivity contribution < 1.29 is 14.6 Å². The van der Waals surface area contributed by atoms with Crippen LogP contribution >= 0.6 is 0 Å². The summed E-state index contributed by atoms with van der Waals surface area (Å²) in [7, 11) is 1.54. The summed E-state index contributed by atoms with van der Waals surface area (Å²) in [5.41, 5.74) is 0.531. The van der Waals surface area contributed by atoms with Crippen LogP contribution in [0.4, 0.5) is 0 Å². The summed E-state index contributed by atoms with van der Waals surface area (Å²) in [6.07, 6.45) is 3.15. The van der Waals surface area contributed by atoms with Crippen molar-refractivity contribution >= 4 is 0 Å². The standard InChI is InChI=1S/C14H17NO3/c1-17-14-8-10(9-15)6-7-13(14)18-12-5-3-2-4-11(12)16/h6-8,11-12,16H,2-5H2,1H3/t11-,12-/m0/s1. The van der Waals surface area contributed by atoms with E-state index in [9.17, 15) is 5.11 Å². The van der Waals surface area contributed by atoms with Crippen molar-refractivity contribution in [1.82, 2.24) is 0 Å². The SMILES string of the molecule is COc1cc(C#N)ccc1O[C@H]1CCCC[C@@H]1O. The van der Waals surface area contributed by atoms with Crippen LogP contribution in [0.15, 0.2) is 18.2 Å². The van der Waals surface area contributed by atoms with Gasteiger partial charge < -0.3 is 14.6 Å². The van der Waals surface area contributed by atoms with Gasteiger partial charge in [0.1, 0.15) is 6.10 Å². The summed E-state index contributed by atoms with van der Waals surface area (Å²) in [5.74, 6) is 1.12. The van der Waals surface area contributed by atoms with Crippen molar-refractivity contribution in [1.29, 1.82) is 5.26 Å². The van der Waals surface area contributed by atoms with Crippen molar-refractivity contribution in [2.45, 2.75) is 37.9 Å². The van der Waals surface area contributed by atoms with E-state index in [0.717, 1.165) is 25.7 Å². The van der Waals surface area contributed by atoms with Gasteiger partial charge in [-0.15, -0.1) is 0 Å². The van der Waals surface area contributed by atoms with Crippen molar-refractivity contribution in [3.63, 3.8) is 0 Å². The Morgan fingerprint density at radius 1 is 1.28 bits per heavy atom. The Labute approximate surface area is 107 Å². The highest BCUT2D eigenvalue weighted by Crippen LogP contribution is 2.31. The highest BCUT2D eigenvalue weighted by molar-refractivity contribution is 5.46. The van der Waals surface area contributed by atoms with E-state index in [1.54, 1.807) is 25.3 Å². The van der Waals surface area contributed by atoms with Crippen molar-refractivity contribution in [2.24, 2.45) is 0 Å². The van der Waals surface area contributed by atoms with E-state index in [0.29, 0.717) is 17.1 Å². The lowest BCUT2D eigenvalue weighted by Crippen LogP contribution is -2.34. The maximum Gasteiger partial charge on any atom is 0.162 e. The Kier molecular flexibility index (Phi) is 4.06. The van der Waals surface area contributed by atoms with Crippen molar-refractivity contribution in [3.8, 4) is 17.6 Å². The van der Waals surface area contributed by atoms with E-state index < -0.39 is 6.10 Å². The number of methoxy groups -OCH3 is 1. The summed E-state index contributed by atoms with van der Waals surface area (Å²) >= 11 is 0. The molecule has 0 spiro atoms. The first-order valence-corrected chi connectivity index (χ1v) is 6.17. The molecule has 0 amide bonds. The second-order valence-corrected chi connectivity index (χ2v) is 4.49. The Balaban J connectivity index is 2.15. The summed E-state index contributed by atoms with van der Waals surface area (Å²) in [6.45, 7) is 0. The van der Waals surface area contributed by atoms with Gasteiger partial charge in [0, 0.05) is 6.07 Å². The van der Waals surface area contributed by atoms with E-state index in [-0.39, 0.29) is 6.10 Å². The summed E-state index contributed by atoms with van der Waals surface area (Å²) in [6, 6.07) is 7.11. The third kappa shape index (κ3) is 2.74. The first-order valence-electron chi connectivity index (χ1n) is 6.17. The number of rotatable bonds is 3. The van der Waals surface area contributed by atoms with Gasteiger partial charge in [0.05, 0.1) is 24.8 Å². The third-order valence-electron chi connectivity index (χ3n) is 3.24. The van der Waals surface area contributed by atoms with Gasteiger partial charge in [-0.3, -0.25) is 0 Å². The van der Waals surface area contributed by atoms with Crippen LogP contribution in [-0.4, -0.2) is 24.4 Å². The van der Waals surface area contributed by atoms with E-state index in [1.165, 1.54) is 0 Å². The predicted octanol–water partition coefficient (Wildman–Crippen LogP) is 2.25. The molecular formula is C14H17NO3. The molecule has 0 aliphatic heterocycles. The number of benzene rings is 1. The molecule has 2 rings (SSSR count). The highest BCUT2D eigenvalue weighted by Gasteiger charge is 2.25. The molecular weight excluding hydrogens is 230 g/mol. The maximum atomic E-state index is 9.88. The Bertz CT molecular complexity index is 453. The molecule has 0 unspecified atom stereocenters. The third-order valence-corrected chi connectivity index (χ3v) is 3.24. The molecule has 1 aromatic carbocycles.